The quantitative estimate of drug-likeness (QED) is 0.841. The SMILES string of the molecule is CC(C)(C)NC(=O)c1cc(Br)ccc1Cl. The van der Waals surface area contributed by atoms with Crippen LogP contribution < -0.4 is 5.32 Å². The molecule has 0 aliphatic carbocycles. The molecule has 1 aromatic rings. The Bertz CT molecular complexity index is 385. The van der Waals surface area contributed by atoms with Crippen LogP contribution in [-0.4, -0.2) is 11.4 Å². The van der Waals surface area contributed by atoms with Gasteiger partial charge in [0.1, 0.15) is 0 Å². The molecule has 0 bridgehead atoms. The molecule has 0 saturated heterocycles. The number of benzene rings is 1. The first-order valence-electron chi connectivity index (χ1n) is 4.57. The van der Waals surface area contributed by atoms with Crippen molar-refractivity contribution in [1.29, 1.82) is 0 Å². The van der Waals surface area contributed by atoms with Gasteiger partial charge in [0.05, 0.1) is 10.6 Å². The average Bonchev–Trinajstić information content (AvgIpc) is 2.06. The Labute approximate surface area is 103 Å². The first-order valence-corrected chi connectivity index (χ1v) is 5.74. The maximum absolute atomic E-state index is 11.8. The molecule has 0 atom stereocenters. The minimum absolute atomic E-state index is 0.159. The van der Waals surface area contributed by atoms with Crippen LogP contribution in [0, 0.1) is 0 Å². The van der Waals surface area contributed by atoms with E-state index in [-0.39, 0.29) is 11.4 Å². The van der Waals surface area contributed by atoms with Crippen LogP contribution in [0.3, 0.4) is 0 Å². The number of nitrogens with one attached hydrogen (secondary N) is 1. The van der Waals surface area contributed by atoms with E-state index in [1.54, 1.807) is 18.2 Å². The molecule has 4 heteroatoms. The summed E-state index contributed by atoms with van der Waals surface area (Å²) in [7, 11) is 0. The second-order valence-electron chi connectivity index (χ2n) is 4.33. The van der Waals surface area contributed by atoms with Crippen molar-refractivity contribution >= 4 is 33.4 Å². The smallest absolute Gasteiger partial charge is 0.253 e. The third-order valence-electron chi connectivity index (χ3n) is 1.66. The molecule has 0 saturated carbocycles. The largest absolute Gasteiger partial charge is 0.347 e. The van der Waals surface area contributed by atoms with Gasteiger partial charge in [0.2, 0.25) is 0 Å². The molecule has 0 fully saturated rings. The van der Waals surface area contributed by atoms with Crippen LogP contribution in [0.2, 0.25) is 5.02 Å². The third kappa shape index (κ3) is 3.84. The molecule has 0 radical (unpaired) electrons. The van der Waals surface area contributed by atoms with E-state index in [1.165, 1.54) is 0 Å². The molecular formula is C11H13BrClNO. The molecule has 0 aliphatic rings. The van der Waals surface area contributed by atoms with Gasteiger partial charge < -0.3 is 5.32 Å². The van der Waals surface area contributed by atoms with Crippen molar-refractivity contribution in [2.75, 3.05) is 0 Å². The number of amides is 1. The van der Waals surface area contributed by atoms with Crippen molar-refractivity contribution in [3.63, 3.8) is 0 Å². The van der Waals surface area contributed by atoms with Gasteiger partial charge in [0.15, 0.2) is 0 Å². The summed E-state index contributed by atoms with van der Waals surface area (Å²) >= 11 is 9.24. The Kier molecular flexibility index (Phi) is 3.79. The van der Waals surface area contributed by atoms with Crippen molar-refractivity contribution in [3.8, 4) is 0 Å². The van der Waals surface area contributed by atoms with Crippen molar-refractivity contribution in [3.05, 3.63) is 33.3 Å². The lowest BCUT2D eigenvalue weighted by Gasteiger charge is -2.20. The minimum atomic E-state index is -0.261. The van der Waals surface area contributed by atoms with Crippen LogP contribution >= 0.6 is 27.5 Å². The van der Waals surface area contributed by atoms with E-state index in [1.807, 2.05) is 20.8 Å². The summed E-state index contributed by atoms with van der Waals surface area (Å²) in [4.78, 5) is 11.8. The van der Waals surface area contributed by atoms with Gasteiger partial charge in [-0.3, -0.25) is 4.79 Å². The summed E-state index contributed by atoms with van der Waals surface area (Å²) in [5.41, 5.74) is 0.226. The fourth-order valence-corrected chi connectivity index (χ4v) is 1.64. The highest BCUT2D eigenvalue weighted by Crippen LogP contribution is 2.21. The number of carbonyl (C=O) groups is 1. The molecular weight excluding hydrogens is 277 g/mol. The molecule has 82 valence electrons. The number of halogens is 2. The molecule has 1 amide bonds. The van der Waals surface area contributed by atoms with Gasteiger partial charge in [0.25, 0.3) is 5.91 Å². The lowest BCUT2D eigenvalue weighted by molar-refractivity contribution is 0.0919. The minimum Gasteiger partial charge on any atom is -0.347 e. The normalized spacial score (nSPS) is 11.3. The van der Waals surface area contributed by atoms with Crippen LogP contribution in [0.5, 0.6) is 0 Å². The zero-order chi connectivity index (χ0) is 11.6. The molecule has 1 aromatic carbocycles. The number of hydrogen-bond donors (Lipinski definition) is 1. The second kappa shape index (κ2) is 4.54. The molecule has 0 unspecified atom stereocenters. The first-order chi connectivity index (χ1) is 6.79. The Hall–Kier alpha value is -0.540. The topological polar surface area (TPSA) is 29.1 Å². The van der Waals surface area contributed by atoms with Crippen LogP contribution in [0.15, 0.2) is 22.7 Å². The van der Waals surface area contributed by atoms with Crippen LogP contribution in [0.4, 0.5) is 0 Å². The predicted octanol–water partition coefficient (Wildman–Crippen LogP) is 3.63. The summed E-state index contributed by atoms with van der Waals surface area (Å²) in [6, 6.07) is 5.21. The summed E-state index contributed by atoms with van der Waals surface area (Å²) in [6.07, 6.45) is 0. The molecule has 0 aromatic heterocycles. The Morgan fingerprint density at radius 2 is 2.00 bits per heavy atom. The fraction of sp³-hybridized carbons (Fsp3) is 0.364. The van der Waals surface area contributed by atoms with Crippen molar-refractivity contribution in [2.24, 2.45) is 0 Å². The molecule has 1 N–H and O–H groups in total. The van der Waals surface area contributed by atoms with E-state index in [2.05, 4.69) is 21.2 Å². The monoisotopic (exact) mass is 289 g/mol. The summed E-state index contributed by atoms with van der Waals surface area (Å²) < 4.78 is 0.839. The molecule has 15 heavy (non-hydrogen) atoms. The first kappa shape index (κ1) is 12.5. The Morgan fingerprint density at radius 1 is 1.40 bits per heavy atom. The highest BCUT2D eigenvalue weighted by Gasteiger charge is 2.17. The van der Waals surface area contributed by atoms with E-state index >= 15 is 0 Å². The molecule has 0 aliphatic heterocycles. The van der Waals surface area contributed by atoms with Crippen LogP contribution in [0.1, 0.15) is 31.1 Å². The highest BCUT2D eigenvalue weighted by atomic mass is 79.9. The number of rotatable bonds is 1. The lowest BCUT2D eigenvalue weighted by atomic mass is 10.1. The second-order valence-corrected chi connectivity index (χ2v) is 5.65. The van der Waals surface area contributed by atoms with Crippen molar-refractivity contribution < 1.29 is 4.79 Å². The van der Waals surface area contributed by atoms with Gasteiger partial charge in [0, 0.05) is 10.0 Å². The number of hydrogen-bond acceptors (Lipinski definition) is 1. The van der Waals surface area contributed by atoms with E-state index < -0.39 is 0 Å². The maximum Gasteiger partial charge on any atom is 0.253 e. The van der Waals surface area contributed by atoms with Crippen LogP contribution in [0.25, 0.3) is 0 Å². The van der Waals surface area contributed by atoms with Gasteiger partial charge in [-0.25, -0.2) is 0 Å². The van der Waals surface area contributed by atoms with E-state index in [0.717, 1.165) is 4.47 Å². The Balaban J connectivity index is 2.96. The summed E-state index contributed by atoms with van der Waals surface area (Å²) in [5, 5.41) is 3.32. The lowest BCUT2D eigenvalue weighted by Crippen LogP contribution is -2.40. The van der Waals surface area contributed by atoms with Gasteiger partial charge in [-0.05, 0) is 39.0 Å². The molecule has 0 spiro atoms. The van der Waals surface area contributed by atoms with E-state index in [0.29, 0.717) is 10.6 Å². The third-order valence-corrected chi connectivity index (χ3v) is 2.48. The van der Waals surface area contributed by atoms with Gasteiger partial charge >= 0.3 is 0 Å². The van der Waals surface area contributed by atoms with E-state index in [4.69, 9.17) is 11.6 Å². The van der Waals surface area contributed by atoms with Gasteiger partial charge in [-0.1, -0.05) is 27.5 Å². The highest BCUT2D eigenvalue weighted by molar-refractivity contribution is 9.10. The van der Waals surface area contributed by atoms with E-state index in [9.17, 15) is 4.79 Å². The zero-order valence-electron chi connectivity index (χ0n) is 8.90. The number of carbonyl (C=O) groups excluding carboxylic acids is 1. The summed E-state index contributed by atoms with van der Waals surface area (Å²) in [5.74, 6) is -0.159. The van der Waals surface area contributed by atoms with Gasteiger partial charge in [-0.2, -0.15) is 0 Å². The Morgan fingerprint density at radius 3 is 2.53 bits per heavy atom. The average molecular weight is 291 g/mol. The summed E-state index contributed by atoms with van der Waals surface area (Å²) in [6.45, 7) is 5.78. The van der Waals surface area contributed by atoms with Crippen molar-refractivity contribution in [2.45, 2.75) is 26.3 Å². The zero-order valence-corrected chi connectivity index (χ0v) is 11.2. The molecule has 2 nitrogen and oxygen atoms in total. The van der Waals surface area contributed by atoms with Crippen LogP contribution in [-0.2, 0) is 0 Å². The maximum atomic E-state index is 11.8. The molecule has 0 heterocycles. The van der Waals surface area contributed by atoms with Gasteiger partial charge in [-0.15, -0.1) is 0 Å². The predicted molar refractivity (Wildman–Crippen MR) is 66.4 cm³/mol. The standard InChI is InChI=1S/C11H13BrClNO/c1-11(2,3)14-10(15)8-6-7(12)4-5-9(8)13/h4-6H,1-3H3,(H,14,15). The van der Waals surface area contributed by atoms with Crippen molar-refractivity contribution in [1.82, 2.24) is 5.32 Å². The fourth-order valence-electron chi connectivity index (χ4n) is 1.08. The molecule has 1 rings (SSSR count).